The van der Waals surface area contributed by atoms with Gasteiger partial charge in [-0.05, 0) is 19.9 Å². The molecule has 1 saturated carbocycles. The van der Waals surface area contributed by atoms with Crippen LogP contribution in [0.2, 0.25) is 0 Å². The number of hydrogen-bond acceptors (Lipinski definition) is 3. The summed E-state index contributed by atoms with van der Waals surface area (Å²) in [7, 11) is 2.14. The van der Waals surface area contributed by atoms with Gasteiger partial charge >= 0.3 is 0 Å². The zero-order valence-corrected chi connectivity index (χ0v) is 7.05. The zero-order valence-electron chi connectivity index (χ0n) is 7.05. The van der Waals surface area contributed by atoms with Gasteiger partial charge in [-0.15, -0.1) is 0 Å². The SMILES string of the molecule is CN1CC(CN)OC2(CC2)C1. The molecule has 1 atom stereocenters. The molecule has 0 bridgehead atoms. The summed E-state index contributed by atoms with van der Waals surface area (Å²) < 4.78 is 5.84. The van der Waals surface area contributed by atoms with Gasteiger partial charge in [-0.25, -0.2) is 0 Å². The van der Waals surface area contributed by atoms with Gasteiger partial charge in [-0.2, -0.15) is 0 Å². The molecule has 11 heavy (non-hydrogen) atoms. The van der Waals surface area contributed by atoms with Crippen LogP contribution in [0.3, 0.4) is 0 Å². The fraction of sp³-hybridized carbons (Fsp3) is 1.00. The third-order valence-electron chi connectivity index (χ3n) is 2.56. The fourth-order valence-electron chi connectivity index (χ4n) is 1.87. The molecule has 1 aliphatic carbocycles. The Labute approximate surface area is 67.5 Å². The van der Waals surface area contributed by atoms with Crippen molar-refractivity contribution in [3.63, 3.8) is 0 Å². The van der Waals surface area contributed by atoms with Crippen molar-refractivity contribution >= 4 is 0 Å². The topological polar surface area (TPSA) is 38.5 Å². The molecule has 2 rings (SSSR count). The van der Waals surface area contributed by atoms with Crippen LogP contribution < -0.4 is 5.73 Å². The van der Waals surface area contributed by atoms with E-state index in [1.54, 1.807) is 0 Å². The summed E-state index contributed by atoms with van der Waals surface area (Å²) >= 11 is 0. The Balaban J connectivity index is 1.97. The summed E-state index contributed by atoms with van der Waals surface area (Å²) in [5, 5.41) is 0. The summed E-state index contributed by atoms with van der Waals surface area (Å²) in [6, 6.07) is 0. The van der Waals surface area contributed by atoms with E-state index in [4.69, 9.17) is 10.5 Å². The maximum Gasteiger partial charge on any atom is 0.0832 e. The standard InChI is InChI=1S/C8H16N2O/c1-10-5-7(4-9)11-8(6-10)2-3-8/h7H,2-6,9H2,1H3. The van der Waals surface area contributed by atoms with Gasteiger partial charge in [0.25, 0.3) is 0 Å². The molecule has 3 nitrogen and oxygen atoms in total. The van der Waals surface area contributed by atoms with Crippen molar-refractivity contribution in [2.24, 2.45) is 5.73 Å². The normalized spacial score (nSPS) is 36.0. The number of morpholine rings is 1. The quantitative estimate of drug-likeness (QED) is 0.572. The average Bonchev–Trinajstić information content (AvgIpc) is 2.67. The Hall–Kier alpha value is -0.120. The van der Waals surface area contributed by atoms with Gasteiger partial charge in [0.2, 0.25) is 0 Å². The minimum absolute atomic E-state index is 0.219. The summed E-state index contributed by atoms with van der Waals surface area (Å²) in [4.78, 5) is 2.33. The van der Waals surface area contributed by atoms with Crippen molar-refractivity contribution in [2.45, 2.75) is 24.5 Å². The van der Waals surface area contributed by atoms with Crippen LogP contribution in [0.5, 0.6) is 0 Å². The molecule has 2 N–H and O–H groups in total. The van der Waals surface area contributed by atoms with Gasteiger partial charge in [0.15, 0.2) is 0 Å². The molecule has 1 unspecified atom stereocenters. The van der Waals surface area contributed by atoms with Gasteiger partial charge in [0.05, 0.1) is 11.7 Å². The van der Waals surface area contributed by atoms with Crippen LogP contribution in [-0.2, 0) is 4.74 Å². The van der Waals surface area contributed by atoms with Gasteiger partial charge in [-0.1, -0.05) is 0 Å². The number of hydrogen-bond donors (Lipinski definition) is 1. The largest absolute Gasteiger partial charge is 0.368 e. The maximum atomic E-state index is 5.84. The van der Waals surface area contributed by atoms with Crippen LogP contribution in [-0.4, -0.2) is 43.3 Å². The van der Waals surface area contributed by atoms with E-state index in [1.807, 2.05) is 0 Å². The average molecular weight is 156 g/mol. The predicted octanol–water partition coefficient (Wildman–Crippen LogP) is -0.192. The van der Waals surface area contributed by atoms with E-state index in [2.05, 4.69) is 11.9 Å². The minimum atomic E-state index is 0.219. The van der Waals surface area contributed by atoms with E-state index in [-0.39, 0.29) is 11.7 Å². The molecule has 64 valence electrons. The molecule has 3 heteroatoms. The molecular weight excluding hydrogens is 140 g/mol. The van der Waals surface area contributed by atoms with Crippen LogP contribution in [0, 0.1) is 0 Å². The summed E-state index contributed by atoms with van der Waals surface area (Å²) in [6.45, 7) is 2.76. The number of rotatable bonds is 1. The number of ether oxygens (including phenoxy) is 1. The van der Waals surface area contributed by atoms with E-state index in [0.717, 1.165) is 13.1 Å². The first-order valence-electron chi connectivity index (χ1n) is 4.30. The highest BCUT2D eigenvalue weighted by Crippen LogP contribution is 2.42. The van der Waals surface area contributed by atoms with Crippen LogP contribution in [0.4, 0.5) is 0 Å². The minimum Gasteiger partial charge on any atom is -0.368 e. The van der Waals surface area contributed by atoms with Crippen molar-refractivity contribution in [1.29, 1.82) is 0 Å². The van der Waals surface area contributed by atoms with Crippen LogP contribution in [0.15, 0.2) is 0 Å². The fourth-order valence-corrected chi connectivity index (χ4v) is 1.87. The molecule has 1 saturated heterocycles. The molecule has 2 aliphatic rings. The van der Waals surface area contributed by atoms with Crippen LogP contribution in [0.1, 0.15) is 12.8 Å². The van der Waals surface area contributed by atoms with Gasteiger partial charge in [0, 0.05) is 19.6 Å². The number of nitrogens with two attached hydrogens (primary N) is 1. The van der Waals surface area contributed by atoms with E-state index in [0.29, 0.717) is 6.54 Å². The number of likely N-dealkylation sites (N-methyl/N-ethyl adjacent to an activating group) is 1. The van der Waals surface area contributed by atoms with Crippen LogP contribution in [0.25, 0.3) is 0 Å². The summed E-state index contributed by atoms with van der Waals surface area (Å²) in [6.07, 6.45) is 2.73. The van der Waals surface area contributed by atoms with E-state index in [9.17, 15) is 0 Å². The van der Waals surface area contributed by atoms with E-state index >= 15 is 0 Å². The highest BCUT2D eigenvalue weighted by Gasteiger charge is 2.48. The summed E-state index contributed by atoms with van der Waals surface area (Å²) in [5.41, 5.74) is 5.78. The predicted molar refractivity (Wildman–Crippen MR) is 43.4 cm³/mol. The van der Waals surface area contributed by atoms with E-state index < -0.39 is 0 Å². The molecule has 2 fully saturated rings. The van der Waals surface area contributed by atoms with Crippen molar-refractivity contribution in [3.05, 3.63) is 0 Å². The molecule has 0 amide bonds. The Morgan fingerprint density at radius 3 is 2.91 bits per heavy atom. The summed E-state index contributed by atoms with van der Waals surface area (Å²) in [5.74, 6) is 0. The van der Waals surface area contributed by atoms with Gasteiger partial charge in [-0.3, -0.25) is 0 Å². The second-order valence-electron chi connectivity index (χ2n) is 3.86. The zero-order chi connectivity index (χ0) is 7.90. The Morgan fingerprint density at radius 2 is 2.36 bits per heavy atom. The molecule has 1 spiro atoms. The first-order valence-corrected chi connectivity index (χ1v) is 4.30. The lowest BCUT2D eigenvalue weighted by Gasteiger charge is -2.35. The molecule has 0 aromatic rings. The lowest BCUT2D eigenvalue weighted by atomic mass is 10.2. The van der Waals surface area contributed by atoms with Crippen LogP contribution >= 0.6 is 0 Å². The Bertz CT molecular complexity index is 156. The monoisotopic (exact) mass is 156 g/mol. The molecule has 0 aromatic heterocycles. The number of nitrogens with zero attached hydrogens (tertiary/aromatic N) is 1. The molecule has 1 heterocycles. The highest BCUT2D eigenvalue weighted by atomic mass is 16.5. The Morgan fingerprint density at radius 1 is 1.64 bits per heavy atom. The third-order valence-corrected chi connectivity index (χ3v) is 2.56. The van der Waals surface area contributed by atoms with Crippen molar-refractivity contribution in [1.82, 2.24) is 4.90 Å². The smallest absolute Gasteiger partial charge is 0.0832 e. The first kappa shape index (κ1) is 7.53. The third kappa shape index (κ3) is 1.41. The second-order valence-corrected chi connectivity index (χ2v) is 3.86. The molecular formula is C8H16N2O. The molecule has 1 aliphatic heterocycles. The van der Waals surface area contributed by atoms with Crippen molar-refractivity contribution in [2.75, 3.05) is 26.7 Å². The molecule has 0 radical (unpaired) electrons. The van der Waals surface area contributed by atoms with Gasteiger partial charge < -0.3 is 15.4 Å². The molecule has 0 aromatic carbocycles. The first-order chi connectivity index (χ1) is 5.24. The second kappa shape index (κ2) is 2.44. The van der Waals surface area contributed by atoms with Gasteiger partial charge in [0.1, 0.15) is 0 Å². The van der Waals surface area contributed by atoms with Crippen molar-refractivity contribution < 1.29 is 4.74 Å². The highest BCUT2D eigenvalue weighted by molar-refractivity contribution is 5.01. The lowest BCUT2D eigenvalue weighted by Crippen LogP contribution is -2.49. The maximum absolute atomic E-state index is 5.84. The Kier molecular flexibility index (Phi) is 1.67. The lowest BCUT2D eigenvalue weighted by molar-refractivity contribution is -0.0898. The van der Waals surface area contributed by atoms with E-state index in [1.165, 1.54) is 12.8 Å². The van der Waals surface area contributed by atoms with Crippen molar-refractivity contribution in [3.8, 4) is 0 Å².